The van der Waals surface area contributed by atoms with E-state index in [9.17, 15) is 4.79 Å². The minimum atomic E-state index is -0.445. The number of carbonyl (C=O) groups is 1. The van der Waals surface area contributed by atoms with Crippen LogP contribution in [0.25, 0.3) is 6.08 Å². The Kier molecular flexibility index (Phi) is 3.18. The average molecular weight is 307 g/mol. The molecule has 1 aliphatic heterocycles. The van der Waals surface area contributed by atoms with E-state index in [1.165, 1.54) is 6.42 Å². The number of nitrogens with zero attached hydrogens (tertiary/aromatic N) is 1. The van der Waals surface area contributed by atoms with Gasteiger partial charge < -0.3 is 9.15 Å². The first-order valence-corrected chi connectivity index (χ1v) is 7.79. The lowest BCUT2D eigenvalue weighted by molar-refractivity contribution is -0.129. The first kappa shape index (κ1) is 14.0. The Morgan fingerprint density at radius 3 is 2.83 bits per heavy atom. The van der Waals surface area contributed by atoms with E-state index in [2.05, 4.69) is 11.9 Å². The summed E-state index contributed by atoms with van der Waals surface area (Å²) in [6, 6.07) is 11.6. The summed E-state index contributed by atoms with van der Waals surface area (Å²) in [6.45, 7) is 4.19. The molecule has 116 valence electrons. The fourth-order valence-electron chi connectivity index (χ4n) is 2.81. The van der Waals surface area contributed by atoms with Crippen LogP contribution in [0.3, 0.4) is 0 Å². The number of ether oxygens (including phenoxy) is 1. The van der Waals surface area contributed by atoms with Gasteiger partial charge in [0.15, 0.2) is 5.70 Å². The SMILES string of the molecule is Cc1cccc(C2=N/C(=C\c3ccc([C@@H]4C[C@@H]4C)o3)C(=O)O2)c1. The van der Waals surface area contributed by atoms with Gasteiger partial charge in [0.1, 0.15) is 11.5 Å². The molecule has 1 saturated carbocycles. The Hall–Kier alpha value is -2.62. The van der Waals surface area contributed by atoms with Crippen LogP contribution in [0.5, 0.6) is 0 Å². The Morgan fingerprint density at radius 2 is 2.09 bits per heavy atom. The zero-order chi connectivity index (χ0) is 16.0. The highest BCUT2D eigenvalue weighted by atomic mass is 16.6. The second kappa shape index (κ2) is 5.23. The van der Waals surface area contributed by atoms with Crippen LogP contribution in [-0.2, 0) is 9.53 Å². The van der Waals surface area contributed by atoms with E-state index in [1.54, 1.807) is 6.08 Å². The van der Waals surface area contributed by atoms with Crippen LogP contribution in [0.15, 0.2) is 51.5 Å². The molecule has 1 aromatic carbocycles. The molecule has 1 fully saturated rings. The number of rotatable bonds is 3. The molecule has 1 aliphatic carbocycles. The number of hydrogen-bond acceptors (Lipinski definition) is 4. The summed E-state index contributed by atoms with van der Waals surface area (Å²) in [7, 11) is 0. The molecule has 2 aliphatic rings. The second-order valence-electron chi connectivity index (χ2n) is 6.27. The van der Waals surface area contributed by atoms with Crippen molar-refractivity contribution in [3.8, 4) is 0 Å². The minimum absolute atomic E-state index is 0.270. The van der Waals surface area contributed by atoms with Gasteiger partial charge >= 0.3 is 5.97 Å². The molecule has 0 amide bonds. The predicted octanol–water partition coefficient (Wildman–Crippen LogP) is 4.06. The largest absolute Gasteiger partial charge is 0.461 e. The summed E-state index contributed by atoms with van der Waals surface area (Å²) in [4.78, 5) is 16.3. The Labute approximate surface area is 134 Å². The van der Waals surface area contributed by atoms with Crippen LogP contribution in [0.2, 0.25) is 0 Å². The molecule has 2 heterocycles. The Bertz CT molecular complexity index is 844. The van der Waals surface area contributed by atoms with Crippen molar-refractivity contribution < 1.29 is 13.9 Å². The molecule has 2 atom stereocenters. The van der Waals surface area contributed by atoms with Gasteiger partial charge in [0.25, 0.3) is 0 Å². The van der Waals surface area contributed by atoms with Gasteiger partial charge in [-0.25, -0.2) is 9.79 Å². The molecule has 23 heavy (non-hydrogen) atoms. The number of carbonyl (C=O) groups excluding carboxylic acids is 1. The molecule has 4 nitrogen and oxygen atoms in total. The van der Waals surface area contributed by atoms with Crippen LogP contribution in [-0.4, -0.2) is 11.9 Å². The van der Waals surface area contributed by atoms with Gasteiger partial charge in [-0.3, -0.25) is 0 Å². The van der Waals surface area contributed by atoms with Crippen molar-refractivity contribution in [2.45, 2.75) is 26.2 Å². The molecule has 0 unspecified atom stereocenters. The highest BCUT2D eigenvalue weighted by molar-refractivity contribution is 6.12. The fourth-order valence-corrected chi connectivity index (χ4v) is 2.81. The average Bonchev–Trinajstić information content (AvgIpc) is 2.94. The molecule has 0 bridgehead atoms. The van der Waals surface area contributed by atoms with E-state index >= 15 is 0 Å². The van der Waals surface area contributed by atoms with E-state index in [0.29, 0.717) is 23.5 Å². The summed E-state index contributed by atoms with van der Waals surface area (Å²) in [5.74, 6) is 2.72. The van der Waals surface area contributed by atoms with E-state index in [1.807, 2.05) is 43.3 Å². The third kappa shape index (κ3) is 2.72. The lowest BCUT2D eigenvalue weighted by atomic mass is 10.1. The summed E-state index contributed by atoms with van der Waals surface area (Å²) < 4.78 is 11.1. The van der Waals surface area contributed by atoms with Crippen molar-refractivity contribution >= 4 is 17.9 Å². The number of aryl methyl sites for hydroxylation is 1. The zero-order valence-corrected chi connectivity index (χ0v) is 13.1. The van der Waals surface area contributed by atoms with Crippen LogP contribution in [0.4, 0.5) is 0 Å². The van der Waals surface area contributed by atoms with Crippen molar-refractivity contribution in [2.24, 2.45) is 10.9 Å². The number of cyclic esters (lactones) is 1. The maximum absolute atomic E-state index is 12.0. The maximum atomic E-state index is 12.0. The smallest absolute Gasteiger partial charge is 0.363 e. The van der Waals surface area contributed by atoms with E-state index in [4.69, 9.17) is 9.15 Å². The third-order valence-corrected chi connectivity index (χ3v) is 4.29. The van der Waals surface area contributed by atoms with Gasteiger partial charge in [-0.1, -0.05) is 24.6 Å². The molecule has 4 rings (SSSR count). The van der Waals surface area contributed by atoms with E-state index in [-0.39, 0.29) is 5.70 Å². The Morgan fingerprint density at radius 1 is 1.26 bits per heavy atom. The summed E-state index contributed by atoms with van der Waals surface area (Å²) >= 11 is 0. The van der Waals surface area contributed by atoms with Gasteiger partial charge in [0, 0.05) is 17.6 Å². The maximum Gasteiger partial charge on any atom is 0.363 e. The van der Waals surface area contributed by atoms with Crippen LogP contribution in [0.1, 0.15) is 41.9 Å². The summed E-state index contributed by atoms with van der Waals surface area (Å²) in [5.41, 5.74) is 2.16. The number of benzene rings is 1. The lowest BCUT2D eigenvalue weighted by Gasteiger charge is -1.99. The molecule has 0 saturated heterocycles. The first-order chi connectivity index (χ1) is 11.1. The van der Waals surface area contributed by atoms with Crippen molar-refractivity contribution in [3.63, 3.8) is 0 Å². The van der Waals surface area contributed by atoms with Crippen molar-refractivity contribution in [1.29, 1.82) is 0 Å². The minimum Gasteiger partial charge on any atom is -0.461 e. The topological polar surface area (TPSA) is 51.8 Å². The van der Waals surface area contributed by atoms with Crippen LogP contribution in [0, 0.1) is 12.8 Å². The summed E-state index contributed by atoms with van der Waals surface area (Å²) in [5, 5.41) is 0. The second-order valence-corrected chi connectivity index (χ2v) is 6.27. The number of hydrogen-bond donors (Lipinski definition) is 0. The predicted molar refractivity (Wildman–Crippen MR) is 87.0 cm³/mol. The van der Waals surface area contributed by atoms with Gasteiger partial charge in [-0.05, 0) is 43.5 Å². The van der Waals surface area contributed by atoms with Crippen molar-refractivity contribution in [3.05, 3.63) is 64.7 Å². The zero-order valence-electron chi connectivity index (χ0n) is 13.1. The number of furan rings is 1. The standard InChI is InChI=1S/C19H17NO3/c1-11-4-3-5-13(8-11)18-20-16(19(21)23-18)10-14-6-7-17(22-14)15-9-12(15)2/h3-8,10,12,15H,9H2,1-2H3/b16-10-/t12-,15+/m0/s1. The van der Waals surface area contributed by atoms with Gasteiger partial charge in [-0.2, -0.15) is 0 Å². The third-order valence-electron chi connectivity index (χ3n) is 4.29. The molecule has 1 aromatic heterocycles. The normalized spacial score (nSPS) is 24.7. The molecular weight excluding hydrogens is 290 g/mol. The Balaban J connectivity index is 1.60. The highest BCUT2D eigenvalue weighted by Gasteiger charge is 2.36. The highest BCUT2D eigenvalue weighted by Crippen LogP contribution is 2.47. The van der Waals surface area contributed by atoms with Gasteiger partial charge in [0.05, 0.1) is 0 Å². The molecular formula is C19H17NO3. The number of esters is 1. The summed E-state index contributed by atoms with van der Waals surface area (Å²) in [6.07, 6.45) is 2.81. The van der Waals surface area contributed by atoms with Crippen LogP contribution < -0.4 is 0 Å². The van der Waals surface area contributed by atoms with Crippen molar-refractivity contribution in [2.75, 3.05) is 0 Å². The molecule has 0 spiro atoms. The quantitative estimate of drug-likeness (QED) is 0.635. The fraction of sp³-hybridized carbons (Fsp3) is 0.263. The first-order valence-electron chi connectivity index (χ1n) is 7.79. The van der Waals surface area contributed by atoms with Gasteiger partial charge in [-0.15, -0.1) is 0 Å². The molecule has 4 heteroatoms. The molecule has 0 radical (unpaired) electrons. The molecule has 2 aromatic rings. The van der Waals surface area contributed by atoms with Gasteiger partial charge in [0.2, 0.25) is 5.90 Å². The lowest BCUT2D eigenvalue weighted by Crippen LogP contribution is -2.05. The van der Waals surface area contributed by atoms with Crippen molar-refractivity contribution in [1.82, 2.24) is 0 Å². The number of aliphatic imine (C=N–C) groups is 1. The van der Waals surface area contributed by atoms with E-state index < -0.39 is 5.97 Å². The van der Waals surface area contributed by atoms with E-state index in [0.717, 1.165) is 16.9 Å². The van der Waals surface area contributed by atoms with Crippen LogP contribution >= 0.6 is 0 Å². The molecule has 0 N–H and O–H groups in total. The monoisotopic (exact) mass is 307 g/mol.